The third kappa shape index (κ3) is 9.33. The summed E-state index contributed by atoms with van der Waals surface area (Å²) >= 11 is 0. The second-order valence-corrected chi connectivity index (χ2v) is 10.3. The van der Waals surface area contributed by atoms with E-state index in [2.05, 4.69) is 10.6 Å². The lowest BCUT2D eigenvalue weighted by atomic mass is 10.0. The van der Waals surface area contributed by atoms with Gasteiger partial charge in [-0.1, -0.05) is 6.07 Å². The summed E-state index contributed by atoms with van der Waals surface area (Å²) in [5.74, 6) is -2.55. The van der Waals surface area contributed by atoms with E-state index < -0.39 is 39.8 Å². The van der Waals surface area contributed by atoms with E-state index in [4.69, 9.17) is 23.5 Å². The van der Waals surface area contributed by atoms with Crippen LogP contribution in [0, 0.1) is 0 Å². The molecule has 3 rings (SSSR count). The molecule has 1 unspecified atom stereocenters. The van der Waals surface area contributed by atoms with Crippen LogP contribution in [-0.4, -0.2) is 113 Å². The molecular formula is C24H33N3O11S. The molecule has 3 N–H and O–H groups in total. The zero-order valence-electron chi connectivity index (χ0n) is 21.4. The van der Waals surface area contributed by atoms with Crippen LogP contribution in [0.1, 0.15) is 40.0 Å². The fraction of sp³-hybridized carbons (Fsp3) is 0.583. The molecular weight excluding hydrogens is 538 g/mol. The van der Waals surface area contributed by atoms with Gasteiger partial charge in [0.1, 0.15) is 6.04 Å². The molecule has 1 fully saturated rings. The molecule has 1 atom stereocenters. The van der Waals surface area contributed by atoms with Crippen molar-refractivity contribution in [3.63, 3.8) is 0 Å². The van der Waals surface area contributed by atoms with Crippen molar-refractivity contribution in [1.82, 2.24) is 10.2 Å². The lowest BCUT2D eigenvalue weighted by molar-refractivity contribution is -0.136. The zero-order valence-corrected chi connectivity index (χ0v) is 22.2. The van der Waals surface area contributed by atoms with E-state index in [1.165, 1.54) is 6.07 Å². The van der Waals surface area contributed by atoms with Gasteiger partial charge in [0, 0.05) is 25.3 Å². The summed E-state index contributed by atoms with van der Waals surface area (Å²) < 4.78 is 51.2. The number of fused-ring (bicyclic) bond motifs is 1. The first-order chi connectivity index (χ1) is 18.7. The highest BCUT2D eigenvalue weighted by atomic mass is 32.2. The first-order valence-corrected chi connectivity index (χ1v) is 14.1. The van der Waals surface area contributed by atoms with Gasteiger partial charge in [-0.05, 0) is 25.0 Å². The Morgan fingerprint density at radius 1 is 0.897 bits per heavy atom. The van der Waals surface area contributed by atoms with E-state index in [9.17, 15) is 27.6 Å². The Hall–Kier alpha value is -2.95. The first-order valence-electron chi connectivity index (χ1n) is 12.5. The number of benzene rings is 1. The van der Waals surface area contributed by atoms with Crippen LogP contribution in [0.2, 0.25) is 0 Å². The van der Waals surface area contributed by atoms with Crippen molar-refractivity contribution >= 4 is 39.4 Å². The number of amides is 4. The summed E-state index contributed by atoms with van der Waals surface area (Å²) in [6.07, 6.45) is 0.366. The molecule has 2 aliphatic rings. The van der Waals surface area contributed by atoms with E-state index in [0.29, 0.717) is 58.5 Å². The van der Waals surface area contributed by atoms with Gasteiger partial charge >= 0.3 is 0 Å². The summed E-state index contributed by atoms with van der Waals surface area (Å²) in [4.78, 5) is 50.5. The largest absolute Gasteiger partial charge is 0.382 e. The summed E-state index contributed by atoms with van der Waals surface area (Å²) in [5, 5.41) is 5.27. The smallest absolute Gasteiger partial charge is 0.264 e. The molecule has 0 spiro atoms. The molecule has 39 heavy (non-hydrogen) atoms. The monoisotopic (exact) mass is 571 g/mol. The molecule has 216 valence electrons. The molecule has 2 heterocycles. The maximum absolute atomic E-state index is 13.1. The van der Waals surface area contributed by atoms with Gasteiger partial charge in [-0.2, -0.15) is 8.42 Å². The lowest BCUT2D eigenvalue weighted by Crippen LogP contribution is -2.54. The Balaban J connectivity index is 1.26. The molecule has 0 radical (unpaired) electrons. The highest BCUT2D eigenvalue weighted by molar-refractivity contribution is 7.85. The number of nitrogens with zero attached hydrogens (tertiary/aromatic N) is 1. The molecule has 0 bridgehead atoms. The predicted octanol–water partition coefficient (Wildman–Crippen LogP) is -0.156. The number of anilines is 1. The molecule has 0 aromatic heterocycles. The van der Waals surface area contributed by atoms with Gasteiger partial charge in [0.2, 0.25) is 11.8 Å². The summed E-state index contributed by atoms with van der Waals surface area (Å²) in [5.41, 5.74) is 0.856. The number of imide groups is 2. The van der Waals surface area contributed by atoms with E-state index in [1.54, 1.807) is 12.1 Å². The maximum Gasteiger partial charge on any atom is 0.264 e. The summed E-state index contributed by atoms with van der Waals surface area (Å²) in [7, 11) is -3.95. The maximum atomic E-state index is 13.1. The Labute approximate surface area is 226 Å². The van der Waals surface area contributed by atoms with Crippen molar-refractivity contribution in [3.8, 4) is 0 Å². The van der Waals surface area contributed by atoms with Gasteiger partial charge in [0.25, 0.3) is 21.9 Å². The third-order valence-electron chi connectivity index (χ3n) is 5.84. The molecule has 14 nitrogen and oxygen atoms in total. The van der Waals surface area contributed by atoms with Crippen LogP contribution in [0.15, 0.2) is 18.2 Å². The van der Waals surface area contributed by atoms with Crippen molar-refractivity contribution in [2.24, 2.45) is 0 Å². The number of nitrogens with one attached hydrogen (secondary N) is 2. The van der Waals surface area contributed by atoms with Crippen LogP contribution in [0.3, 0.4) is 0 Å². The van der Waals surface area contributed by atoms with Gasteiger partial charge in [-0.25, -0.2) is 0 Å². The van der Waals surface area contributed by atoms with E-state index in [1.807, 2.05) is 0 Å². The van der Waals surface area contributed by atoms with Crippen LogP contribution in [-0.2, 0) is 38.7 Å². The number of ether oxygens (including phenoxy) is 4. The molecule has 15 heteroatoms. The van der Waals surface area contributed by atoms with Crippen LogP contribution in [0.25, 0.3) is 0 Å². The van der Waals surface area contributed by atoms with Crippen molar-refractivity contribution in [3.05, 3.63) is 29.3 Å². The first kappa shape index (κ1) is 30.6. The van der Waals surface area contributed by atoms with Gasteiger partial charge in [0.15, 0.2) is 0 Å². The number of carbonyl (C=O) groups is 4. The van der Waals surface area contributed by atoms with Crippen LogP contribution in [0.4, 0.5) is 5.69 Å². The minimum atomic E-state index is -3.95. The molecule has 1 aromatic rings. The molecule has 4 amide bonds. The van der Waals surface area contributed by atoms with Crippen molar-refractivity contribution in [2.45, 2.75) is 25.3 Å². The minimum Gasteiger partial charge on any atom is -0.382 e. The average molecular weight is 572 g/mol. The average Bonchev–Trinajstić information content (AvgIpc) is 3.13. The molecule has 0 saturated carbocycles. The van der Waals surface area contributed by atoms with Crippen molar-refractivity contribution in [1.29, 1.82) is 0 Å². The fourth-order valence-corrected chi connectivity index (χ4v) is 4.51. The molecule has 0 aliphatic carbocycles. The molecule has 2 aliphatic heterocycles. The summed E-state index contributed by atoms with van der Waals surface area (Å²) in [6, 6.07) is 3.83. The number of carbonyl (C=O) groups excluding carboxylic acids is 4. The number of hydrogen-bond acceptors (Lipinski definition) is 11. The van der Waals surface area contributed by atoms with Crippen molar-refractivity contribution < 1.29 is 51.1 Å². The minimum absolute atomic E-state index is 0.0575. The van der Waals surface area contributed by atoms with E-state index in [0.717, 1.165) is 4.90 Å². The van der Waals surface area contributed by atoms with E-state index in [-0.39, 0.29) is 42.7 Å². The Morgan fingerprint density at radius 2 is 1.51 bits per heavy atom. The number of piperidine rings is 1. The third-order valence-corrected chi connectivity index (χ3v) is 6.64. The Kier molecular flexibility index (Phi) is 11.8. The second kappa shape index (κ2) is 15.0. The Bertz CT molecular complexity index is 1140. The normalized spacial score (nSPS) is 17.5. The highest BCUT2D eigenvalue weighted by Crippen LogP contribution is 2.32. The number of hydrogen-bond donors (Lipinski definition) is 3. The Morgan fingerprint density at radius 3 is 2.13 bits per heavy atom. The predicted molar refractivity (Wildman–Crippen MR) is 136 cm³/mol. The highest BCUT2D eigenvalue weighted by Gasteiger charge is 2.45. The second-order valence-electron chi connectivity index (χ2n) is 8.69. The van der Waals surface area contributed by atoms with Gasteiger partial charge in [0.05, 0.1) is 63.1 Å². The van der Waals surface area contributed by atoms with Crippen LogP contribution < -0.4 is 10.6 Å². The zero-order chi connectivity index (χ0) is 28.3. The van der Waals surface area contributed by atoms with Gasteiger partial charge < -0.3 is 24.3 Å². The standard InChI is InChI=1S/C24H33N3O11S/c28-20-6-5-19(22(29)26-20)27-23(30)17-3-1-4-18(21(17)24(27)31)25-7-9-36-11-13-38-15-14-37-12-10-35-8-2-16-39(32,33)34/h1,3-4,19,25H,2,5-16H2,(H,26,28,29)(H,32,33,34). The fourth-order valence-electron chi connectivity index (χ4n) is 4.03. The van der Waals surface area contributed by atoms with Gasteiger partial charge in [-0.3, -0.25) is 33.9 Å². The van der Waals surface area contributed by atoms with E-state index >= 15 is 0 Å². The lowest BCUT2D eigenvalue weighted by Gasteiger charge is -2.27. The summed E-state index contributed by atoms with van der Waals surface area (Å²) in [6.45, 7) is 2.95. The van der Waals surface area contributed by atoms with Crippen molar-refractivity contribution in [2.75, 3.05) is 70.5 Å². The quantitative estimate of drug-likeness (QED) is 0.120. The van der Waals surface area contributed by atoms with Crippen LogP contribution >= 0.6 is 0 Å². The number of rotatable bonds is 18. The SMILES string of the molecule is O=C1CCC(N2C(=O)c3cccc(NCCOCCOCCOCCOCCCS(=O)(=O)O)c3C2=O)C(=O)N1. The molecule has 1 aromatic carbocycles. The van der Waals surface area contributed by atoms with Gasteiger partial charge in [-0.15, -0.1) is 0 Å². The molecule has 1 saturated heterocycles. The van der Waals surface area contributed by atoms with Crippen LogP contribution in [0.5, 0.6) is 0 Å². The topological polar surface area (TPSA) is 187 Å².